The van der Waals surface area contributed by atoms with Gasteiger partial charge in [0.05, 0.1) is 13.2 Å². The third kappa shape index (κ3) is 3.70. The predicted octanol–water partition coefficient (Wildman–Crippen LogP) is 2.96. The highest BCUT2D eigenvalue weighted by Gasteiger charge is 2.25. The molecule has 0 saturated heterocycles. The van der Waals surface area contributed by atoms with Crippen molar-refractivity contribution in [2.45, 2.75) is 38.9 Å². The number of carbonyl (C=O) groups excluding carboxylic acids is 1. The van der Waals surface area contributed by atoms with E-state index in [2.05, 4.69) is 5.32 Å². The first-order chi connectivity index (χ1) is 9.37. The van der Waals surface area contributed by atoms with Crippen LogP contribution in [0, 0.1) is 5.82 Å². The minimum Gasteiger partial charge on any atom is -0.444 e. The van der Waals surface area contributed by atoms with E-state index in [0.29, 0.717) is 18.6 Å². The lowest BCUT2D eigenvalue weighted by molar-refractivity contribution is 0.0271. The summed E-state index contributed by atoms with van der Waals surface area (Å²) in [6.07, 6.45) is -0.298. The number of halogens is 1. The zero-order chi connectivity index (χ0) is 14.8. The summed E-state index contributed by atoms with van der Waals surface area (Å²) in [4.78, 5) is 11.6. The molecule has 0 aromatic heterocycles. The van der Waals surface area contributed by atoms with E-state index in [-0.39, 0.29) is 12.4 Å². The monoisotopic (exact) mass is 281 g/mol. The number of carbonyl (C=O) groups is 1. The van der Waals surface area contributed by atoms with Crippen LogP contribution in [0.3, 0.4) is 0 Å². The Morgan fingerprint density at radius 1 is 1.50 bits per heavy atom. The van der Waals surface area contributed by atoms with Crippen molar-refractivity contribution in [1.82, 2.24) is 5.32 Å². The fraction of sp³-hybridized carbons (Fsp3) is 0.533. The molecular formula is C15H20FNO3. The second-order valence-corrected chi connectivity index (χ2v) is 5.80. The van der Waals surface area contributed by atoms with Gasteiger partial charge >= 0.3 is 6.09 Å². The van der Waals surface area contributed by atoms with Crippen LogP contribution in [0.15, 0.2) is 18.2 Å². The second kappa shape index (κ2) is 5.79. The van der Waals surface area contributed by atoms with Crippen LogP contribution in [0.25, 0.3) is 0 Å². The Bertz CT molecular complexity index is 496. The van der Waals surface area contributed by atoms with Gasteiger partial charge in [0.25, 0.3) is 0 Å². The molecule has 0 fully saturated rings. The van der Waals surface area contributed by atoms with Gasteiger partial charge in [-0.25, -0.2) is 9.18 Å². The van der Waals surface area contributed by atoms with Gasteiger partial charge in [0.2, 0.25) is 0 Å². The van der Waals surface area contributed by atoms with Gasteiger partial charge in [-0.2, -0.15) is 0 Å². The maximum absolute atomic E-state index is 13.9. The number of ether oxygens (including phenoxy) is 2. The van der Waals surface area contributed by atoms with E-state index in [1.165, 1.54) is 6.07 Å². The van der Waals surface area contributed by atoms with Crippen molar-refractivity contribution < 1.29 is 18.7 Å². The Hall–Kier alpha value is -1.62. The summed E-state index contributed by atoms with van der Waals surface area (Å²) in [5.74, 6) is -0.293. The first kappa shape index (κ1) is 14.8. The molecule has 5 heteroatoms. The Labute approximate surface area is 118 Å². The van der Waals surface area contributed by atoms with Crippen LogP contribution < -0.4 is 5.32 Å². The average Bonchev–Trinajstić information content (AvgIpc) is 2.34. The highest BCUT2D eigenvalue weighted by atomic mass is 19.1. The van der Waals surface area contributed by atoms with Crippen LogP contribution >= 0.6 is 0 Å². The predicted molar refractivity (Wildman–Crippen MR) is 73.0 cm³/mol. The molecule has 4 nitrogen and oxygen atoms in total. The molecule has 110 valence electrons. The SMILES string of the molecule is CC(C)(C)OC(=O)NCC1OCCc2cccc(F)c21. The van der Waals surface area contributed by atoms with Gasteiger partial charge in [-0.1, -0.05) is 12.1 Å². The molecule has 0 aliphatic carbocycles. The number of rotatable bonds is 2. The number of amides is 1. The summed E-state index contributed by atoms with van der Waals surface area (Å²) in [6, 6.07) is 4.99. The number of hydrogen-bond donors (Lipinski definition) is 1. The van der Waals surface area contributed by atoms with Gasteiger partial charge in [0.15, 0.2) is 0 Å². The van der Waals surface area contributed by atoms with Gasteiger partial charge in [0.1, 0.15) is 17.5 Å². The van der Waals surface area contributed by atoms with Crippen LogP contribution in [0.5, 0.6) is 0 Å². The van der Waals surface area contributed by atoms with E-state index in [9.17, 15) is 9.18 Å². The molecule has 1 aliphatic heterocycles. The van der Waals surface area contributed by atoms with Crippen molar-refractivity contribution in [2.75, 3.05) is 13.2 Å². The number of nitrogens with one attached hydrogen (secondary N) is 1. The molecule has 1 unspecified atom stereocenters. The van der Waals surface area contributed by atoms with Crippen LogP contribution in [0.2, 0.25) is 0 Å². The van der Waals surface area contributed by atoms with E-state index < -0.39 is 17.8 Å². The Balaban J connectivity index is 2.01. The lowest BCUT2D eigenvalue weighted by atomic mass is 9.97. The van der Waals surface area contributed by atoms with Crippen LogP contribution in [0.4, 0.5) is 9.18 Å². The van der Waals surface area contributed by atoms with E-state index in [1.54, 1.807) is 26.8 Å². The molecule has 1 amide bonds. The third-order valence-electron chi connectivity index (χ3n) is 2.99. The maximum atomic E-state index is 13.9. The summed E-state index contributed by atoms with van der Waals surface area (Å²) in [7, 11) is 0. The lowest BCUT2D eigenvalue weighted by Crippen LogP contribution is -2.36. The highest BCUT2D eigenvalue weighted by molar-refractivity contribution is 5.67. The maximum Gasteiger partial charge on any atom is 0.407 e. The Morgan fingerprint density at radius 3 is 2.95 bits per heavy atom. The molecule has 0 spiro atoms. The van der Waals surface area contributed by atoms with Crippen molar-refractivity contribution in [1.29, 1.82) is 0 Å². The topological polar surface area (TPSA) is 47.6 Å². The summed E-state index contributed by atoms with van der Waals surface area (Å²) >= 11 is 0. The molecule has 1 atom stereocenters. The summed E-state index contributed by atoms with van der Waals surface area (Å²) in [6.45, 7) is 6.09. The largest absolute Gasteiger partial charge is 0.444 e. The fourth-order valence-corrected chi connectivity index (χ4v) is 2.21. The first-order valence-electron chi connectivity index (χ1n) is 6.72. The number of fused-ring (bicyclic) bond motifs is 1. The molecule has 0 radical (unpaired) electrons. The summed E-state index contributed by atoms with van der Waals surface area (Å²) < 4.78 is 24.6. The zero-order valence-electron chi connectivity index (χ0n) is 12.0. The standard InChI is InChI=1S/C15H20FNO3/c1-15(2,3)20-14(18)17-9-12-13-10(7-8-19-12)5-4-6-11(13)16/h4-6,12H,7-9H2,1-3H3,(H,17,18). The van der Waals surface area contributed by atoms with E-state index in [0.717, 1.165) is 5.56 Å². The number of alkyl carbamates (subject to hydrolysis) is 1. The molecular weight excluding hydrogens is 261 g/mol. The highest BCUT2D eigenvalue weighted by Crippen LogP contribution is 2.28. The smallest absolute Gasteiger partial charge is 0.407 e. The van der Waals surface area contributed by atoms with Crippen molar-refractivity contribution in [2.24, 2.45) is 0 Å². The Kier molecular flexibility index (Phi) is 4.28. The van der Waals surface area contributed by atoms with Gasteiger partial charge in [-0.05, 0) is 38.8 Å². The van der Waals surface area contributed by atoms with Crippen LogP contribution in [-0.4, -0.2) is 24.8 Å². The van der Waals surface area contributed by atoms with E-state index >= 15 is 0 Å². The normalized spacial score (nSPS) is 18.3. The summed E-state index contributed by atoms with van der Waals surface area (Å²) in [5.41, 5.74) is 0.919. The molecule has 1 aliphatic rings. The van der Waals surface area contributed by atoms with Crippen molar-refractivity contribution >= 4 is 6.09 Å². The van der Waals surface area contributed by atoms with Gasteiger partial charge in [-0.15, -0.1) is 0 Å². The number of hydrogen-bond acceptors (Lipinski definition) is 3. The second-order valence-electron chi connectivity index (χ2n) is 5.80. The van der Waals surface area contributed by atoms with Crippen molar-refractivity contribution in [3.05, 3.63) is 35.1 Å². The molecule has 0 saturated carbocycles. The minimum absolute atomic E-state index is 0.197. The minimum atomic E-state index is -0.555. The van der Waals surface area contributed by atoms with Crippen LogP contribution in [0.1, 0.15) is 38.0 Å². The lowest BCUT2D eigenvalue weighted by Gasteiger charge is -2.27. The van der Waals surface area contributed by atoms with Crippen molar-refractivity contribution in [3.8, 4) is 0 Å². The van der Waals surface area contributed by atoms with Gasteiger partial charge in [0, 0.05) is 5.56 Å². The third-order valence-corrected chi connectivity index (χ3v) is 2.99. The molecule has 1 aromatic rings. The molecule has 20 heavy (non-hydrogen) atoms. The molecule has 1 heterocycles. The van der Waals surface area contributed by atoms with Gasteiger partial charge < -0.3 is 14.8 Å². The van der Waals surface area contributed by atoms with E-state index in [4.69, 9.17) is 9.47 Å². The molecule has 1 aromatic carbocycles. The average molecular weight is 281 g/mol. The molecule has 0 bridgehead atoms. The zero-order valence-corrected chi connectivity index (χ0v) is 12.0. The fourth-order valence-electron chi connectivity index (χ4n) is 2.21. The van der Waals surface area contributed by atoms with Crippen molar-refractivity contribution in [3.63, 3.8) is 0 Å². The van der Waals surface area contributed by atoms with E-state index in [1.807, 2.05) is 6.07 Å². The number of benzene rings is 1. The molecule has 1 N–H and O–H groups in total. The Morgan fingerprint density at radius 2 is 2.25 bits per heavy atom. The quantitative estimate of drug-likeness (QED) is 0.906. The van der Waals surface area contributed by atoms with Gasteiger partial charge in [-0.3, -0.25) is 0 Å². The summed E-state index contributed by atoms with van der Waals surface area (Å²) in [5, 5.41) is 2.62. The van der Waals surface area contributed by atoms with Crippen LogP contribution in [-0.2, 0) is 15.9 Å². The first-order valence-corrected chi connectivity index (χ1v) is 6.72. The molecule has 2 rings (SSSR count).